The van der Waals surface area contributed by atoms with E-state index < -0.39 is 5.41 Å². The maximum Gasteiger partial charge on any atom is 0.311 e. The molecule has 0 aromatic carbocycles. The van der Waals surface area contributed by atoms with Crippen molar-refractivity contribution in [2.45, 2.75) is 33.8 Å². The summed E-state index contributed by atoms with van der Waals surface area (Å²) in [6.07, 6.45) is -0.149. The van der Waals surface area contributed by atoms with Gasteiger partial charge in [-0.15, -0.1) is 0 Å². The molecule has 0 rings (SSSR count). The van der Waals surface area contributed by atoms with Crippen molar-refractivity contribution in [3.63, 3.8) is 0 Å². The first-order valence-corrected chi connectivity index (χ1v) is 4.76. The van der Waals surface area contributed by atoms with Crippen LogP contribution in [-0.4, -0.2) is 24.7 Å². The molecule has 0 amide bonds. The van der Waals surface area contributed by atoms with E-state index in [0.717, 1.165) is 0 Å². The van der Waals surface area contributed by atoms with Gasteiger partial charge in [0.05, 0.1) is 11.5 Å². The van der Waals surface area contributed by atoms with Crippen molar-refractivity contribution in [1.29, 1.82) is 0 Å². The number of carbonyl (C=O) groups is 1. The van der Waals surface area contributed by atoms with Crippen LogP contribution in [0.1, 0.15) is 27.7 Å². The molecule has 0 aromatic heterocycles. The van der Waals surface area contributed by atoms with E-state index in [-0.39, 0.29) is 24.7 Å². The van der Waals surface area contributed by atoms with Crippen LogP contribution < -0.4 is 0 Å². The molecular weight excluding hydrogens is 192 g/mol. The van der Waals surface area contributed by atoms with Crippen LogP contribution in [0.15, 0.2) is 0 Å². The van der Waals surface area contributed by atoms with E-state index in [4.69, 9.17) is 21.1 Å². The second kappa shape index (κ2) is 5.45. The second-order valence-corrected chi connectivity index (χ2v) is 4.15. The maximum atomic E-state index is 11.3. The molecule has 3 nitrogen and oxygen atoms in total. The highest BCUT2D eigenvalue weighted by Gasteiger charge is 2.23. The fourth-order valence-electron chi connectivity index (χ4n) is 0.565. The molecule has 1 unspecified atom stereocenters. The molecule has 0 radical (unpaired) electrons. The van der Waals surface area contributed by atoms with Crippen molar-refractivity contribution < 1.29 is 14.3 Å². The molecule has 4 heteroatoms. The van der Waals surface area contributed by atoms with E-state index in [0.29, 0.717) is 0 Å². The summed E-state index contributed by atoms with van der Waals surface area (Å²) in [7, 11) is 0. The fraction of sp³-hybridized carbons (Fsp3) is 0.889. The number of ether oxygens (including phenoxy) is 2. The van der Waals surface area contributed by atoms with Gasteiger partial charge in [0.2, 0.25) is 0 Å². The fourth-order valence-corrected chi connectivity index (χ4v) is 0.780. The third-order valence-corrected chi connectivity index (χ3v) is 1.54. The molecular formula is C9H17ClO3. The van der Waals surface area contributed by atoms with Crippen LogP contribution >= 0.6 is 11.6 Å². The van der Waals surface area contributed by atoms with Crippen molar-refractivity contribution in [2.24, 2.45) is 5.41 Å². The van der Waals surface area contributed by atoms with Gasteiger partial charge in [-0.05, 0) is 27.7 Å². The largest absolute Gasteiger partial charge is 0.463 e. The molecule has 0 saturated heterocycles. The highest BCUT2D eigenvalue weighted by Crippen LogP contribution is 2.15. The third kappa shape index (κ3) is 5.88. The molecule has 13 heavy (non-hydrogen) atoms. The number of halogens is 1. The lowest BCUT2D eigenvalue weighted by molar-refractivity contribution is -0.156. The molecule has 0 fully saturated rings. The first-order chi connectivity index (χ1) is 5.88. The zero-order valence-electron chi connectivity index (χ0n) is 8.59. The molecule has 0 spiro atoms. The molecule has 0 aliphatic carbocycles. The van der Waals surface area contributed by atoms with E-state index in [2.05, 4.69) is 0 Å². The number of carbonyl (C=O) groups excluding carboxylic acids is 1. The Balaban J connectivity index is 3.71. The van der Waals surface area contributed by atoms with Crippen LogP contribution in [0, 0.1) is 5.41 Å². The summed E-state index contributed by atoms with van der Waals surface area (Å²) in [5, 5.41) is 0. The standard InChI is InChI=1S/C9H17ClO3/c1-7(13-6-10)5-12-8(11)9(2,3)4/h7H,5-6H2,1-4H3. The van der Waals surface area contributed by atoms with Crippen molar-refractivity contribution in [3.05, 3.63) is 0 Å². The Morgan fingerprint density at radius 2 is 2.00 bits per heavy atom. The van der Waals surface area contributed by atoms with E-state index >= 15 is 0 Å². The summed E-state index contributed by atoms with van der Waals surface area (Å²) in [4.78, 5) is 11.3. The maximum absolute atomic E-state index is 11.3. The van der Waals surface area contributed by atoms with Gasteiger partial charge in [0, 0.05) is 0 Å². The van der Waals surface area contributed by atoms with Crippen LogP contribution in [0.5, 0.6) is 0 Å². The lowest BCUT2D eigenvalue weighted by Gasteiger charge is -2.18. The average molecular weight is 209 g/mol. The number of esters is 1. The average Bonchev–Trinajstić information content (AvgIpc) is 1.99. The van der Waals surface area contributed by atoms with Gasteiger partial charge in [-0.1, -0.05) is 11.6 Å². The first kappa shape index (κ1) is 12.7. The van der Waals surface area contributed by atoms with Gasteiger partial charge in [-0.3, -0.25) is 4.79 Å². The molecule has 0 aromatic rings. The van der Waals surface area contributed by atoms with E-state index in [1.165, 1.54) is 0 Å². The predicted octanol–water partition coefficient (Wildman–Crippen LogP) is 2.18. The highest BCUT2D eigenvalue weighted by molar-refractivity contribution is 6.17. The summed E-state index contributed by atoms with van der Waals surface area (Å²) in [6.45, 7) is 7.48. The van der Waals surface area contributed by atoms with Gasteiger partial charge in [-0.25, -0.2) is 0 Å². The molecule has 0 aliphatic heterocycles. The van der Waals surface area contributed by atoms with Gasteiger partial charge in [0.1, 0.15) is 12.7 Å². The summed E-state index contributed by atoms with van der Waals surface area (Å²) in [5.41, 5.74) is -0.458. The Kier molecular flexibility index (Phi) is 5.33. The van der Waals surface area contributed by atoms with E-state index in [1.54, 1.807) is 6.92 Å². The minimum atomic E-state index is -0.458. The smallest absolute Gasteiger partial charge is 0.311 e. The van der Waals surface area contributed by atoms with Crippen LogP contribution in [0.2, 0.25) is 0 Å². The Morgan fingerprint density at radius 3 is 2.38 bits per heavy atom. The lowest BCUT2D eigenvalue weighted by Crippen LogP contribution is -2.27. The first-order valence-electron chi connectivity index (χ1n) is 4.22. The Labute approximate surface area is 84.4 Å². The van der Waals surface area contributed by atoms with Gasteiger partial charge in [-0.2, -0.15) is 0 Å². The highest BCUT2D eigenvalue weighted by atomic mass is 35.5. The molecule has 0 bridgehead atoms. The van der Waals surface area contributed by atoms with E-state index in [9.17, 15) is 4.79 Å². The van der Waals surface area contributed by atoms with E-state index in [1.807, 2.05) is 20.8 Å². The molecule has 1 atom stereocenters. The summed E-state index contributed by atoms with van der Waals surface area (Å²) in [5.74, 6) is -0.225. The minimum absolute atomic E-state index is 0.119. The molecule has 0 N–H and O–H groups in total. The van der Waals surface area contributed by atoms with Crippen LogP contribution in [0.3, 0.4) is 0 Å². The van der Waals surface area contributed by atoms with Gasteiger partial charge < -0.3 is 9.47 Å². The van der Waals surface area contributed by atoms with Crippen LogP contribution in [0.4, 0.5) is 0 Å². The number of hydrogen-bond acceptors (Lipinski definition) is 3. The Bertz CT molecular complexity index is 163. The van der Waals surface area contributed by atoms with Crippen molar-refractivity contribution in [1.82, 2.24) is 0 Å². The number of rotatable bonds is 4. The summed E-state index contributed by atoms with van der Waals surface area (Å²) in [6, 6.07) is 0.119. The molecule has 0 heterocycles. The minimum Gasteiger partial charge on any atom is -0.463 e. The zero-order chi connectivity index (χ0) is 10.5. The second-order valence-electron chi connectivity index (χ2n) is 3.93. The van der Waals surface area contributed by atoms with Crippen molar-refractivity contribution in [3.8, 4) is 0 Å². The molecule has 78 valence electrons. The summed E-state index contributed by atoms with van der Waals surface area (Å²) < 4.78 is 9.99. The van der Waals surface area contributed by atoms with Crippen molar-refractivity contribution in [2.75, 3.05) is 12.7 Å². The lowest BCUT2D eigenvalue weighted by atomic mass is 9.97. The normalized spacial score (nSPS) is 13.9. The third-order valence-electron chi connectivity index (χ3n) is 1.41. The van der Waals surface area contributed by atoms with Crippen LogP contribution in [-0.2, 0) is 14.3 Å². The predicted molar refractivity (Wildman–Crippen MR) is 51.7 cm³/mol. The Hall–Kier alpha value is -0.280. The van der Waals surface area contributed by atoms with Crippen molar-refractivity contribution >= 4 is 17.6 Å². The number of alkyl halides is 1. The zero-order valence-corrected chi connectivity index (χ0v) is 9.35. The molecule has 0 saturated carbocycles. The monoisotopic (exact) mass is 208 g/mol. The molecule has 0 aliphatic rings. The topological polar surface area (TPSA) is 35.5 Å². The summed E-state index contributed by atoms with van der Waals surface area (Å²) >= 11 is 5.34. The Morgan fingerprint density at radius 1 is 1.46 bits per heavy atom. The SMILES string of the molecule is CC(COC(=O)C(C)(C)C)OCCl. The van der Waals surface area contributed by atoms with Gasteiger partial charge >= 0.3 is 5.97 Å². The van der Waals surface area contributed by atoms with Gasteiger partial charge in [0.15, 0.2) is 0 Å². The van der Waals surface area contributed by atoms with Crippen LogP contribution in [0.25, 0.3) is 0 Å². The number of hydrogen-bond donors (Lipinski definition) is 0. The van der Waals surface area contributed by atoms with Gasteiger partial charge in [0.25, 0.3) is 0 Å². The quantitative estimate of drug-likeness (QED) is 0.525.